The van der Waals surface area contributed by atoms with E-state index in [0.29, 0.717) is 60.6 Å². The van der Waals surface area contributed by atoms with Crippen LogP contribution in [0.5, 0.6) is 11.5 Å². The minimum atomic E-state index is -0.391. The zero-order valence-corrected chi connectivity index (χ0v) is 25.8. The number of carbonyl (C=O) groups is 2. The molecule has 0 spiro atoms. The van der Waals surface area contributed by atoms with E-state index in [1.165, 1.54) is 16.7 Å². The number of ether oxygens (including phenoxy) is 3. The van der Waals surface area contributed by atoms with Crippen LogP contribution in [0, 0.1) is 0 Å². The van der Waals surface area contributed by atoms with Gasteiger partial charge in [-0.2, -0.15) is 0 Å². The van der Waals surface area contributed by atoms with Crippen LogP contribution >= 0.6 is 50.9 Å². The van der Waals surface area contributed by atoms with Gasteiger partial charge in [0.1, 0.15) is 6.61 Å². The van der Waals surface area contributed by atoms with Crippen molar-refractivity contribution < 1.29 is 23.8 Å². The summed E-state index contributed by atoms with van der Waals surface area (Å²) in [5.74, 6) is 0.494. The van der Waals surface area contributed by atoms with Gasteiger partial charge in [0, 0.05) is 7.05 Å². The lowest BCUT2D eigenvalue weighted by molar-refractivity contribution is -0.121. The molecule has 1 heterocycles. The summed E-state index contributed by atoms with van der Waals surface area (Å²) >= 11 is 17.0. The van der Waals surface area contributed by atoms with Gasteiger partial charge in [-0.25, -0.2) is 9.79 Å². The van der Waals surface area contributed by atoms with Gasteiger partial charge in [-0.15, -0.1) is 0 Å². The Morgan fingerprint density at radius 1 is 1.02 bits per heavy atom. The highest BCUT2D eigenvalue weighted by atomic mass is 79.9. The lowest BCUT2D eigenvalue weighted by Crippen LogP contribution is -2.23. The molecule has 0 aromatic heterocycles. The van der Waals surface area contributed by atoms with Crippen molar-refractivity contribution in [3.63, 3.8) is 0 Å². The number of nitrogens with zero attached hydrogens (tertiary/aromatic N) is 2. The number of thioether (sulfide) groups is 1. The molecule has 1 aliphatic heterocycles. The van der Waals surface area contributed by atoms with Crippen LogP contribution in [-0.2, 0) is 16.1 Å². The van der Waals surface area contributed by atoms with Crippen LogP contribution in [0.25, 0.3) is 6.08 Å². The van der Waals surface area contributed by atoms with Crippen molar-refractivity contribution in [2.75, 3.05) is 20.3 Å². The predicted octanol–water partition coefficient (Wildman–Crippen LogP) is 8.14. The van der Waals surface area contributed by atoms with Gasteiger partial charge in [0.15, 0.2) is 16.7 Å². The summed E-state index contributed by atoms with van der Waals surface area (Å²) in [4.78, 5) is 31.5. The molecule has 40 heavy (non-hydrogen) atoms. The number of aliphatic imine (C=N–C) groups is 1. The number of esters is 1. The summed E-state index contributed by atoms with van der Waals surface area (Å²) in [6.07, 6.45) is 1.78. The summed E-state index contributed by atoms with van der Waals surface area (Å²) in [6, 6.07) is 15.7. The molecule has 0 atom stereocenters. The van der Waals surface area contributed by atoms with E-state index in [0.717, 1.165) is 11.1 Å². The average Bonchev–Trinajstić information content (AvgIpc) is 3.18. The standard InChI is InChI=1S/C29H25BrCl2N2O5S/c1-4-37-24-14-18(12-21(30)26(24)39-16-17-6-11-22(31)23(32)13-17)15-25-27(35)34(3)29(40-25)33-20-9-7-19(8-10-20)28(36)38-5-2/h6-15H,4-5,16H2,1-3H3. The van der Waals surface area contributed by atoms with E-state index in [-0.39, 0.29) is 12.5 Å². The van der Waals surface area contributed by atoms with Crippen molar-refractivity contribution in [1.82, 2.24) is 4.90 Å². The highest BCUT2D eigenvalue weighted by Gasteiger charge is 2.30. The number of amidine groups is 1. The van der Waals surface area contributed by atoms with Gasteiger partial charge >= 0.3 is 5.97 Å². The second-order valence-electron chi connectivity index (χ2n) is 8.44. The van der Waals surface area contributed by atoms with Gasteiger partial charge in [-0.05, 0) is 107 Å². The second kappa shape index (κ2) is 13.6. The molecule has 1 saturated heterocycles. The molecule has 0 unspecified atom stereocenters. The van der Waals surface area contributed by atoms with Crippen molar-refractivity contribution in [3.8, 4) is 11.5 Å². The maximum absolute atomic E-state index is 13.0. The monoisotopic (exact) mass is 662 g/mol. The van der Waals surface area contributed by atoms with Crippen molar-refractivity contribution in [2.24, 2.45) is 4.99 Å². The highest BCUT2D eigenvalue weighted by molar-refractivity contribution is 9.10. The molecule has 1 fully saturated rings. The van der Waals surface area contributed by atoms with E-state index >= 15 is 0 Å². The summed E-state index contributed by atoms with van der Waals surface area (Å²) in [5, 5.41) is 1.45. The molecule has 1 amide bonds. The van der Waals surface area contributed by atoms with E-state index in [1.807, 2.05) is 25.1 Å². The van der Waals surface area contributed by atoms with Crippen LogP contribution in [0.2, 0.25) is 10.0 Å². The number of rotatable bonds is 9. The summed E-state index contributed by atoms with van der Waals surface area (Å²) in [5.41, 5.74) is 2.66. The maximum Gasteiger partial charge on any atom is 0.338 e. The number of likely N-dealkylation sites (N-methyl/N-ethyl adjacent to an activating group) is 1. The second-order valence-corrected chi connectivity index (χ2v) is 11.1. The first-order chi connectivity index (χ1) is 19.2. The smallest absolute Gasteiger partial charge is 0.338 e. The van der Waals surface area contributed by atoms with Crippen LogP contribution in [0.15, 0.2) is 69.0 Å². The van der Waals surface area contributed by atoms with Gasteiger partial charge in [0.2, 0.25) is 0 Å². The van der Waals surface area contributed by atoms with Gasteiger partial charge in [0.25, 0.3) is 5.91 Å². The lowest BCUT2D eigenvalue weighted by Gasteiger charge is -2.15. The Bertz CT molecular complexity index is 1490. The predicted molar refractivity (Wildman–Crippen MR) is 164 cm³/mol. The van der Waals surface area contributed by atoms with Gasteiger partial charge in [-0.3, -0.25) is 9.69 Å². The third-order valence-corrected chi connectivity index (χ3v) is 7.99. The minimum Gasteiger partial charge on any atom is -0.490 e. The van der Waals surface area contributed by atoms with E-state index in [4.69, 9.17) is 37.4 Å². The molecular formula is C29H25BrCl2N2O5S. The van der Waals surface area contributed by atoms with Crippen LogP contribution < -0.4 is 9.47 Å². The normalized spacial score (nSPS) is 15.2. The van der Waals surface area contributed by atoms with Crippen LogP contribution in [0.1, 0.15) is 35.3 Å². The molecule has 0 aliphatic carbocycles. The van der Waals surface area contributed by atoms with Crippen molar-refractivity contribution >= 4 is 79.7 Å². The largest absolute Gasteiger partial charge is 0.490 e. The quantitative estimate of drug-likeness (QED) is 0.170. The Labute approximate surface area is 255 Å². The van der Waals surface area contributed by atoms with Crippen molar-refractivity contribution in [1.29, 1.82) is 0 Å². The third kappa shape index (κ3) is 7.20. The first-order valence-electron chi connectivity index (χ1n) is 12.3. The molecule has 0 bridgehead atoms. The lowest BCUT2D eigenvalue weighted by atomic mass is 10.1. The Balaban J connectivity index is 1.54. The molecule has 3 aromatic rings. The third-order valence-electron chi connectivity index (χ3n) is 5.60. The minimum absolute atomic E-state index is 0.180. The number of carbonyl (C=O) groups excluding carboxylic acids is 2. The number of halogens is 3. The zero-order chi connectivity index (χ0) is 28.8. The Hall–Kier alpha value is -2.98. The van der Waals surface area contributed by atoms with Crippen LogP contribution in [-0.4, -0.2) is 42.2 Å². The van der Waals surface area contributed by atoms with Gasteiger partial charge < -0.3 is 14.2 Å². The Morgan fingerprint density at radius 3 is 2.45 bits per heavy atom. The molecule has 0 N–H and O–H groups in total. The Morgan fingerprint density at radius 2 is 1.77 bits per heavy atom. The zero-order valence-electron chi connectivity index (χ0n) is 21.9. The number of hydrogen-bond acceptors (Lipinski definition) is 7. The number of amides is 1. The topological polar surface area (TPSA) is 77.4 Å². The SMILES string of the molecule is CCOC(=O)c1ccc(N=C2SC(=Cc3cc(Br)c(OCc4ccc(Cl)c(Cl)c4)c(OCC)c3)C(=O)N2C)cc1. The highest BCUT2D eigenvalue weighted by Crippen LogP contribution is 2.40. The molecular weight excluding hydrogens is 639 g/mol. The molecule has 4 rings (SSSR count). The van der Waals surface area contributed by atoms with Gasteiger partial charge in [0.05, 0.1) is 43.9 Å². The first kappa shape index (κ1) is 30.0. The van der Waals surface area contributed by atoms with E-state index < -0.39 is 5.97 Å². The van der Waals surface area contributed by atoms with Crippen molar-refractivity contribution in [3.05, 3.63) is 90.7 Å². The van der Waals surface area contributed by atoms with Crippen LogP contribution in [0.4, 0.5) is 5.69 Å². The summed E-state index contributed by atoms with van der Waals surface area (Å²) in [7, 11) is 1.67. The molecule has 1 aliphatic rings. The van der Waals surface area contributed by atoms with E-state index in [2.05, 4.69) is 20.9 Å². The molecule has 0 radical (unpaired) electrons. The summed E-state index contributed by atoms with van der Waals surface area (Å²) in [6.45, 7) is 4.63. The fraction of sp³-hybridized carbons (Fsp3) is 0.207. The maximum atomic E-state index is 13.0. The Kier molecular flexibility index (Phi) is 10.2. The van der Waals surface area contributed by atoms with Crippen molar-refractivity contribution in [2.45, 2.75) is 20.5 Å². The molecule has 208 valence electrons. The fourth-order valence-corrected chi connectivity index (χ4v) is 5.54. The van der Waals surface area contributed by atoms with Crippen LogP contribution in [0.3, 0.4) is 0 Å². The first-order valence-corrected chi connectivity index (χ1v) is 14.6. The summed E-state index contributed by atoms with van der Waals surface area (Å²) < 4.78 is 17.6. The molecule has 7 nitrogen and oxygen atoms in total. The number of hydrogen-bond donors (Lipinski definition) is 0. The molecule has 3 aromatic carbocycles. The van der Waals surface area contributed by atoms with Gasteiger partial charge in [-0.1, -0.05) is 29.3 Å². The fourth-order valence-electron chi connectivity index (χ4n) is 3.66. The molecule has 11 heteroatoms. The molecule has 0 saturated carbocycles. The average molecular weight is 664 g/mol. The number of benzene rings is 3. The van der Waals surface area contributed by atoms with E-state index in [1.54, 1.807) is 56.4 Å². The van der Waals surface area contributed by atoms with E-state index in [9.17, 15) is 9.59 Å².